The Bertz CT molecular complexity index is 502. The molecule has 1 aromatic rings. The maximum atomic E-state index is 12.4. The van der Waals surface area contributed by atoms with Gasteiger partial charge in [-0.2, -0.15) is 0 Å². The summed E-state index contributed by atoms with van der Waals surface area (Å²) in [7, 11) is 0. The first-order valence-corrected chi connectivity index (χ1v) is 7.03. The van der Waals surface area contributed by atoms with Crippen LogP contribution in [0.1, 0.15) is 23.3 Å². The molecule has 2 rings (SSSR count). The lowest BCUT2D eigenvalue weighted by Gasteiger charge is -2.32. The number of piperidine rings is 1. The van der Waals surface area contributed by atoms with Crippen LogP contribution >= 0.6 is 0 Å². The molecule has 21 heavy (non-hydrogen) atoms. The molecule has 0 aliphatic carbocycles. The molecule has 9 nitrogen and oxygen atoms in total. The molecular formula is C12H21N7O2. The Morgan fingerprint density at radius 2 is 2.29 bits per heavy atom. The summed E-state index contributed by atoms with van der Waals surface area (Å²) in [5.41, 5.74) is 10.8. The van der Waals surface area contributed by atoms with Crippen molar-refractivity contribution in [2.45, 2.75) is 19.4 Å². The minimum absolute atomic E-state index is 0.137. The second kappa shape index (κ2) is 7.02. The van der Waals surface area contributed by atoms with Crippen molar-refractivity contribution in [1.29, 1.82) is 0 Å². The molecule has 1 aliphatic rings. The summed E-state index contributed by atoms with van der Waals surface area (Å²) in [4.78, 5) is 24.9. The van der Waals surface area contributed by atoms with Crippen LogP contribution in [0.2, 0.25) is 0 Å². The first-order valence-electron chi connectivity index (χ1n) is 7.03. The quantitative estimate of drug-likeness (QED) is 0.625. The van der Waals surface area contributed by atoms with E-state index in [0.29, 0.717) is 38.4 Å². The van der Waals surface area contributed by atoms with Crippen molar-refractivity contribution in [3.63, 3.8) is 0 Å². The highest BCUT2D eigenvalue weighted by Gasteiger charge is 2.26. The van der Waals surface area contributed by atoms with Crippen LogP contribution in [-0.4, -0.2) is 58.0 Å². The lowest BCUT2D eigenvalue weighted by atomic mass is 9.98. The van der Waals surface area contributed by atoms with Gasteiger partial charge in [-0.3, -0.25) is 9.48 Å². The molecule has 1 aromatic heterocycles. The van der Waals surface area contributed by atoms with Crippen molar-refractivity contribution in [2.75, 3.05) is 26.2 Å². The molecule has 2 heterocycles. The van der Waals surface area contributed by atoms with Gasteiger partial charge in [0.2, 0.25) is 0 Å². The molecule has 1 aliphatic heterocycles. The Morgan fingerprint density at radius 3 is 3.00 bits per heavy atom. The van der Waals surface area contributed by atoms with Gasteiger partial charge in [-0.25, -0.2) is 4.79 Å². The Kier molecular flexibility index (Phi) is 5.09. The number of likely N-dealkylation sites (tertiary alicyclic amines) is 1. The third-order valence-corrected chi connectivity index (χ3v) is 3.49. The number of amides is 3. The summed E-state index contributed by atoms with van der Waals surface area (Å²) in [5, 5.41) is 10.3. The third-order valence-electron chi connectivity index (χ3n) is 3.49. The average Bonchev–Trinajstić information content (AvgIpc) is 2.94. The van der Waals surface area contributed by atoms with E-state index in [1.807, 2.05) is 0 Å². The summed E-state index contributed by atoms with van der Waals surface area (Å²) in [6.07, 6.45) is 3.47. The number of nitrogens with one attached hydrogen (secondary N) is 1. The van der Waals surface area contributed by atoms with Gasteiger partial charge in [-0.1, -0.05) is 5.21 Å². The second-order valence-electron chi connectivity index (χ2n) is 5.16. The van der Waals surface area contributed by atoms with E-state index in [0.717, 1.165) is 12.8 Å². The monoisotopic (exact) mass is 295 g/mol. The molecule has 0 radical (unpaired) electrons. The first kappa shape index (κ1) is 15.2. The van der Waals surface area contributed by atoms with Crippen LogP contribution in [0.5, 0.6) is 0 Å². The molecule has 0 spiro atoms. The van der Waals surface area contributed by atoms with Crippen LogP contribution in [0.25, 0.3) is 0 Å². The molecule has 5 N–H and O–H groups in total. The predicted octanol–water partition coefficient (Wildman–Crippen LogP) is -1.24. The summed E-state index contributed by atoms with van der Waals surface area (Å²) < 4.78 is 1.56. The van der Waals surface area contributed by atoms with E-state index >= 15 is 0 Å². The Labute approximate surface area is 122 Å². The maximum absolute atomic E-state index is 12.4. The van der Waals surface area contributed by atoms with Crippen LogP contribution in [0.4, 0.5) is 4.79 Å². The van der Waals surface area contributed by atoms with Gasteiger partial charge in [-0.05, 0) is 18.8 Å². The number of carbonyl (C=O) groups is 2. The highest BCUT2D eigenvalue weighted by molar-refractivity contribution is 5.92. The van der Waals surface area contributed by atoms with E-state index < -0.39 is 6.03 Å². The SMILES string of the molecule is NCCn1cc(C(=O)N2CCCC(CNC(N)=O)C2)nn1. The molecule has 9 heteroatoms. The summed E-state index contributed by atoms with van der Waals surface area (Å²) in [6.45, 7) is 2.74. The topological polar surface area (TPSA) is 132 Å². The van der Waals surface area contributed by atoms with E-state index in [9.17, 15) is 9.59 Å². The summed E-state index contributed by atoms with van der Waals surface area (Å²) in [5.74, 6) is 0.0799. The van der Waals surface area contributed by atoms with Gasteiger partial charge < -0.3 is 21.7 Å². The standard InChI is InChI=1S/C12H21N7O2/c13-3-5-19-8-10(16-17-19)11(20)18-4-1-2-9(7-18)6-15-12(14)21/h8-9H,1-7,13H2,(H3,14,15,21). The van der Waals surface area contributed by atoms with Gasteiger partial charge in [0, 0.05) is 26.2 Å². The Balaban J connectivity index is 1.93. The molecule has 0 aromatic carbocycles. The van der Waals surface area contributed by atoms with Crippen LogP contribution in [0, 0.1) is 5.92 Å². The van der Waals surface area contributed by atoms with Crippen LogP contribution in [0.3, 0.4) is 0 Å². The fraction of sp³-hybridized carbons (Fsp3) is 0.667. The van der Waals surface area contributed by atoms with Crippen LogP contribution in [0.15, 0.2) is 6.20 Å². The number of nitrogens with two attached hydrogens (primary N) is 2. The second-order valence-corrected chi connectivity index (χ2v) is 5.16. The number of primary amides is 1. The zero-order chi connectivity index (χ0) is 15.2. The van der Waals surface area contributed by atoms with Gasteiger partial charge in [0.25, 0.3) is 5.91 Å². The van der Waals surface area contributed by atoms with E-state index in [4.69, 9.17) is 11.5 Å². The smallest absolute Gasteiger partial charge is 0.312 e. The third kappa shape index (κ3) is 4.15. The minimum Gasteiger partial charge on any atom is -0.352 e. The molecule has 116 valence electrons. The fourth-order valence-electron chi connectivity index (χ4n) is 2.46. The normalized spacial score (nSPS) is 18.5. The molecule has 1 saturated heterocycles. The summed E-state index contributed by atoms with van der Waals surface area (Å²) in [6, 6.07) is -0.539. The van der Waals surface area contributed by atoms with Crippen molar-refractivity contribution in [1.82, 2.24) is 25.2 Å². The Hall–Kier alpha value is -2.16. The number of aromatic nitrogens is 3. The average molecular weight is 295 g/mol. The largest absolute Gasteiger partial charge is 0.352 e. The van der Waals surface area contributed by atoms with Gasteiger partial charge in [0.15, 0.2) is 5.69 Å². The van der Waals surface area contributed by atoms with Crippen molar-refractivity contribution in [2.24, 2.45) is 17.4 Å². The van der Waals surface area contributed by atoms with Crippen LogP contribution < -0.4 is 16.8 Å². The fourth-order valence-corrected chi connectivity index (χ4v) is 2.46. The maximum Gasteiger partial charge on any atom is 0.312 e. The zero-order valence-electron chi connectivity index (χ0n) is 11.9. The van der Waals surface area contributed by atoms with Crippen molar-refractivity contribution in [3.8, 4) is 0 Å². The number of rotatable bonds is 5. The van der Waals surface area contributed by atoms with Gasteiger partial charge >= 0.3 is 6.03 Å². The van der Waals surface area contributed by atoms with Crippen LogP contribution in [-0.2, 0) is 6.54 Å². The molecule has 0 bridgehead atoms. The number of hydrogen-bond donors (Lipinski definition) is 3. The van der Waals surface area contributed by atoms with Crippen molar-refractivity contribution in [3.05, 3.63) is 11.9 Å². The lowest BCUT2D eigenvalue weighted by molar-refractivity contribution is 0.0669. The number of nitrogens with zero attached hydrogens (tertiary/aromatic N) is 4. The van der Waals surface area contributed by atoms with E-state index in [1.165, 1.54) is 0 Å². The molecule has 0 saturated carbocycles. The molecule has 1 unspecified atom stereocenters. The highest BCUT2D eigenvalue weighted by atomic mass is 16.2. The van der Waals surface area contributed by atoms with Crippen molar-refractivity contribution >= 4 is 11.9 Å². The highest BCUT2D eigenvalue weighted by Crippen LogP contribution is 2.17. The number of urea groups is 1. The molecule has 1 atom stereocenters. The molecule has 3 amide bonds. The number of hydrogen-bond acceptors (Lipinski definition) is 5. The Morgan fingerprint density at radius 1 is 1.48 bits per heavy atom. The lowest BCUT2D eigenvalue weighted by Crippen LogP contribution is -2.44. The van der Waals surface area contributed by atoms with Gasteiger partial charge in [-0.15, -0.1) is 5.10 Å². The van der Waals surface area contributed by atoms with Gasteiger partial charge in [0.1, 0.15) is 0 Å². The predicted molar refractivity (Wildman–Crippen MR) is 75.3 cm³/mol. The zero-order valence-corrected chi connectivity index (χ0v) is 11.9. The molecule has 1 fully saturated rings. The van der Waals surface area contributed by atoms with Crippen molar-refractivity contribution < 1.29 is 9.59 Å². The first-order chi connectivity index (χ1) is 10.1. The van der Waals surface area contributed by atoms with E-state index in [1.54, 1.807) is 15.8 Å². The molecular weight excluding hydrogens is 274 g/mol. The summed E-state index contributed by atoms with van der Waals surface area (Å²) >= 11 is 0. The van der Waals surface area contributed by atoms with Gasteiger partial charge in [0.05, 0.1) is 12.7 Å². The minimum atomic E-state index is -0.539. The number of carbonyl (C=O) groups excluding carboxylic acids is 2. The van der Waals surface area contributed by atoms with E-state index in [2.05, 4.69) is 15.6 Å². The van der Waals surface area contributed by atoms with E-state index in [-0.39, 0.29) is 11.8 Å².